The Labute approximate surface area is 146 Å². The Morgan fingerprint density at radius 1 is 0.545 bits per heavy atom. The normalized spacial score (nSPS) is 11.2. The number of hydrogen-bond acceptors (Lipinski definition) is 4. The van der Waals surface area contributed by atoms with Crippen molar-refractivity contribution in [2.45, 2.75) is 13.8 Å². The summed E-state index contributed by atoms with van der Waals surface area (Å²) in [6.07, 6.45) is 0. The molecule has 0 aliphatic rings. The average Bonchev–Trinajstić information content (AvgIpc) is 3.24. The van der Waals surface area contributed by atoms with Crippen molar-refractivity contribution in [2.24, 2.45) is 0 Å². The fraction of sp³-hybridized carbons (Fsp3) is 0.111. The Bertz CT molecular complexity index is 840. The van der Waals surface area contributed by atoms with Gasteiger partial charge in [0.15, 0.2) is 0 Å². The van der Waals surface area contributed by atoms with E-state index in [-0.39, 0.29) is 0 Å². The molecule has 0 saturated heterocycles. The molecule has 0 unspecified atom stereocenters. The van der Waals surface area contributed by atoms with E-state index in [4.69, 9.17) is 0 Å². The van der Waals surface area contributed by atoms with E-state index in [0.717, 1.165) is 0 Å². The molecule has 4 heterocycles. The van der Waals surface area contributed by atoms with Gasteiger partial charge in [0.05, 0.1) is 0 Å². The Hall–Kier alpha value is -1.20. The van der Waals surface area contributed by atoms with Crippen LogP contribution in [0.1, 0.15) is 11.1 Å². The van der Waals surface area contributed by atoms with E-state index in [0.29, 0.717) is 0 Å². The lowest BCUT2D eigenvalue weighted by Crippen LogP contribution is -1.60. The molecule has 0 amide bonds. The minimum absolute atomic E-state index is 1.35. The van der Waals surface area contributed by atoms with Crippen molar-refractivity contribution in [1.29, 1.82) is 0 Å². The minimum Gasteiger partial charge on any atom is -0.143 e. The van der Waals surface area contributed by atoms with Gasteiger partial charge in [-0.05, 0) is 72.1 Å². The average molecular weight is 359 g/mol. The zero-order chi connectivity index (χ0) is 15.1. The molecule has 0 aliphatic carbocycles. The van der Waals surface area contributed by atoms with Gasteiger partial charge in [-0.3, -0.25) is 0 Å². The van der Waals surface area contributed by atoms with E-state index < -0.39 is 0 Å². The Balaban J connectivity index is 1.65. The number of aryl methyl sites for hydroxylation is 2. The van der Waals surface area contributed by atoms with Gasteiger partial charge in [-0.25, -0.2) is 0 Å². The van der Waals surface area contributed by atoms with Crippen molar-refractivity contribution in [2.75, 3.05) is 0 Å². The quantitative estimate of drug-likeness (QED) is 0.354. The Kier molecular flexibility index (Phi) is 3.78. The lowest BCUT2D eigenvalue weighted by molar-refractivity contribution is 1.56. The number of rotatable bonds is 3. The van der Waals surface area contributed by atoms with Gasteiger partial charge >= 0.3 is 0 Å². The molecular formula is C18H14S4. The van der Waals surface area contributed by atoms with Gasteiger partial charge in [-0.15, -0.1) is 45.3 Å². The highest BCUT2D eigenvalue weighted by molar-refractivity contribution is 7.28. The SMILES string of the molecule is Cc1csc(-c2ccc(-c3ccc(-c4cc(C)cs4)s3)s2)c1. The molecule has 4 rings (SSSR count). The molecule has 0 radical (unpaired) electrons. The van der Waals surface area contributed by atoms with Gasteiger partial charge in [0, 0.05) is 29.3 Å². The zero-order valence-electron chi connectivity index (χ0n) is 12.3. The van der Waals surface area contributed by atoms with E-state index in [1.807, 2.05) is 45.3 Å². The first kappa shape index (κ1) is 14.4. The fourth-order valence-corrected chi connectivity index (χ4v) is 6.43. The van der Waals surface area contributed by atoms with Gasteiger partial charge in [-0.2, -0.15) is 0 Å². The van der Waals surface area contributed by atoms with Crippen LogP contribution in [0.5, 0.6) is 0 Å². The number of thiophene rings is 4. The Morgan fingerprint density at radius 2 is 0.909 bits per heavy atom. The van der Waals surface area contributed by atoms with Crippen molar-refractivity contribution in [1.82, 2.24) is 0 Å². The summed E-state index contributed by atoms with van der Waals surface area (Å²) in [5, 5.41) is 4.44. The molecule has 0 saturated carbocycles. The topological polar surface area (TPSA) is 0 Å². The predicted octanol–water partition coefficient (Wildman–Crippen LogP) is 7.55. The van der Waals surface area contributed by atoms with E-state index in [9.17, 15) is 0 Å². The third-order valence-electron chi connectivity index (χ3n) is 3.40. The molecule has 4 heteroatoms. The first-order valence-corrected chi connectivity index (χ1v) is 10.4. The van der Waals surface area contributed by atoms with Crippen LogP contribution in [0.4, 0.5) is 0 Å². The summed E-state index contributed by atoms with van der Waals surface area (Å²) < 4.78 is 0. The van der Waals surface area contributed by atoms with Gasteiger partial charge in [0.1, 0.15) is 0 Å². The summed E-state index contributed by atoms with van der Waals surface area (Å²) in [6, 6.07) is 13.6. The summed E-state index contributed by atoms with van der Waals surface area (Å²) >= 11 is 7.44. The molecule has 0 N–H and O–H groups in total. The van der Waals surface area contributed by atoms with Crippen molar-refractivity contribution in [3.05, 3.63) is 58.3 Å². The van der Waals surface area contributed by atoms with Crippen LogP contribution in [-0.4, -0.2) is 0 Å². The zero-order valence-corrected chi connectivity index (χ0v) is 15.5. The number of hydrogen-bond donors (Lipinski definition) is 0. The molecule has 4 aromatic rings. The Morgan fingerprint density at radius 3 is 1.23 bits per heavy atom. The van der Waals surface area contributed by atoms with E-state index in [1.165, 1.54) is 40.4 Å². The molecule has 4 aromatic heterocycles. The van der Waals surface area contributed by atoms with Crippen LogP contribution in [0.2, 0.25) is 0 Å². The maximum atomic E-state index is 2.27. The third kappa shape index (κ3) is 2.72. The van der Waals surface area contributed by atoms with Gasteiger partial charge in [0.2, 0.25) is 0 Å². The standard InChI is InChI=1S/C18H14S4/c1-11-7-17(19-9-11)15-5-3-13(21-15)14-4-6-16(22-14)18-8-12(2)10-20-18/h3-10H,1-2H3. The second kappa shape index (κ2) is 5.78. The van der Waals surface area contributed by atoms with E-state index >= 15 is 0 Å². The van der Waals surface area contributed by atoms with Crippen molar-refractivity contribution in [3.63, 3.8) is 0 Å². The van der Waals surface area contributed by atoms with Crippen molar-refractivity contribution in [3.8, 4) is 29.3 Å². The smallest absolute Gasteiger partial charge is 0.0449 e. The monoisotopic (exact) mass is 358 g/mol. The maximum absolute atomic E-state index is 2.27. The van der Waals surface area contributed by atoms with E-state index in [2.05, 4.69) is 61.0 Å². The second-order valence-corrected chi connectivity index (χ2v) is 9.29. The lowest BCUT2D eigenvalue weighted by Gasteiger charge is -1.91. The predicted molar refractivity (Wildman–Crippen MR) is 104 cm³/mol. The largest absolute Gasteiger partial charge is 0.143 e. The second-order valence-electron chi connectivity index (χ2n) is 5.30. The van der Waals surface area contributed by atoms with Gasteiger partial charge in [-0.1, -0.05) is 0 Å². The minimum atomic E-state index is 1.35. The van der Waals surface area contributed by atoms with Crippen LogP contribution < -0.4 is 0 Å². The summed E-state index contributed by atoms with van der Waals surface area (Å²) in [5.41, 5.74) is 2.70. The van der Waals surface area contributed by atoms with Crippen molar-refractivity contribution < 1.29 is 0 Å². The molecule has 0 nitrogen and oxygen atoms in total. The molecule has 0 atom stereocenters. The molecule has 0 aromatic carbocycles. The van der Waals surface area contributed by atoms with Gasteiger partial charge < -0.3 is 0 Å². The fourth-order valence-electron chi connectivity index (χ4n) is 2.33. The van der Waals surface area contributed by atoms with Crippen LogP contribution in [0.15, 0.2) is 47.2 Å². The van der Waals surface area contributed by atoms with Gasteiger partial charge in [0.25, 0.3) is 0 Å². The molecule has 0 spiro atoms. The summed E-state index contributed by atoms with van der Waals surface area (Å²) in [4.78, 5) is 8.22. The first-order valence-electron chi connectivity index (χ1n) is 7.00. The molecule has 0 bridgehead atoms. The first-order chi connectivity index (χ1) is 10.7. The van der Waals surface area contributed by atoms with Crippen molar-refractivity contribution >= 4 is 45.3 Å². The van der Waals surface area contributed by atoms with Crippen LogP contribution >= 0.6 is 45.3 Å². The van der Waals surface area contributed by atoms with Crippen LogP contribution in [0.25, 0.3) is 29.3 Å². The van der Waals surface area contributed by atoms with Crippen LogP contribution in [0.3, 0.4) is 0 Å². The third-order valence-corrected chi connectivity index (χ3v) is 8.26. The summed E-state index contributed by atoms with van der Waals surface area (Å²) in [7, 11) is 0. The lowest BCUT2D eigenvalue weighted by atomic mass is 10.3. The highest BCUT2D eigenvalue weighted by Gasteiger charge is 2.10. The molecule has 0 fully saturated rings. The summed E-state index contributed by atoms with van der Waals surface area (Å²) in [5.74, 6) is 0. The maximum Gasteiger partial charge on any atom is 0.0449 e. The van der Waals surface area contributed by atoms with Crippen LogP contribution in [0, 0.1) is 13.8 Å². The molecular weight excluding hydrogens is 344 g/mol. The highest BCUT2D eigenvalue weighted by Crippen LogP contribution is 2.42. The summed E-state index contributed by atoms with van der Waals surface area (Å²) in [6.45, 7) is 4.31. The molecule has 0 aliphatic heterocycles. The van der Waals surface area contributed by atoms with E-state index in [1.54, 1.807) is 0 Å². The molecule has 110 valence electrons. The molecule has 22 heavy (non-hydrogen) atoms. The van der Waals surface area contributed by atoms with Crippen LogP contribution in [-0.2, 0) is 0 Å². The highest BCUT2D eigenvalue weighted by atomic mass is 32.1.